The fourth-order valence-electron chi connectivity index (χ4n) is 3.00. The lowest BCUT2D eigenvalue weighted by molar-refractivity contribution is 0.0913. The molecule has 1 aliphatic rings. The number of rotatable bonds is 5. The molecule has 132 valence electrons. The van der Waals surface area contributed by atoms with E-state index in [1.165, 1.54) is 5.56 Å². The number of benzene rings is 3. The molecule has 3 aromatic rings. The molecular formula is C22H21NO3. The maximum absolute atomic E-state index is 9.31. The Morgan fingerprint density at radius 2 is 1.42 bits per heavy atom. The van der Waals surface area contributed by atoms with Crippen LogP contribution in [0.25, 0.3) is 0 Å². The summed E-state index contributed by atoms with van der Waals surface area (Å²) in [6.07, 6.45) is -0.0797. The van der Waals surface area contributed by atoms with Crippen LogP contribution >= 0.6 is 0 Å². The van der Waals surface area contributed by atoms with Crippen molar-refractivity contribution in [2.45, 2.75) is 19.2 Å². The molecule has 0 unspecified atom stereocenters. The minimum Gasteiger partial charge on any atom is -0.508 e. The Labute approximate surface area is 153 Å². The molecule has 0 fully saturated rings. The summed E-state index contributed by atoms with van der Waals surface area (Å²) >= 11 is 0. The lowest BCUT2D eigenvalue weighted by Crippen LogP contribution is -2.21. The Balaban J connectivity index is 1.33. The summed E-state index contributed by atoms with van der Waals surface area (Å²) in [6.45, 7) is 2.07. The lowest BCUT2D eigenvalue weighted by Gasteiger charge is -2.26. The monoisotopic (exact) mass is 347 g/mol. The van der Waals surface area contributed by atoms with E-state index in [2.05, 4.69) is 29.6 Å². The Morgan fingerprint density at radius 1 is 0.808 bits per heavy atom. The molecule has 2 N–H and O–H groups in total. The van der Waals surface area contributed by atoms with Crippen LogP contribution in [0.4, 0.5) is 0 Å². The first-order valence-corrected chi connectivity index (χ1v) is 8.74. The number of nitrogens with one attached hydrogen (secondary N) is 1. The SMILES string of the molecule is Oc1ccc(CNCc2ccc([C@H]3COc4ccccc4O3)cc2)cc1. The second-order valence-corrected chi connectivity index (χ2v) is 6.38. The number of aromatic hydroxyl groups is 1. The third-order valence-corrected chi connectivity index (χ3v) is 4.45. The maximum atomic E-state index is 9.31. The highest BCUT2D eigenvalue weighted by molar-refractivity contribution is 5.41. The van der Waals surface area contributed by atoms with Gasteiger partial charge in [0.2, 0.25) is 0 Å². The quantitative estimate of drug-likeness (QED) is 0.726. The molecule has 4 heteroatoms. The highest BCUT2D eigenvalue weighted by atomic mass is 16.6. The fraction of sp³-hybridized carbons (Fsp3) is 0.182. The second-order valence-electron chi connectivity index (χ2n) is 6.38. The van der Waals surface area contributed by atoms with Crippen molar-refractivity contribution < 1.29 is 14.6 Å². The summed E-state index contributed by atoms with van der Waals surface area (Å²) in [5.41, 5.74) is 3.47. The van der Waals surface area contributed by atoms with Crippen molar-refractivity contribution in [3.63, 3.8) is 0 Å². The zero-order valence-electron chi connectivity index (χ0n) is 14.4. The smallest absolute Gasteiger partial charge is 0.162 e. The molecular weight excluding hydrogens is 326 g/mol. The van der Waals surface area contributed by atoms with Gasteiger partial charge in [0, 0.05) is 13.1 Å². The van der Waals surface area contributed by atoms with Crippen LogP contribution < -0.4 is 14.8 Å². The molecule has 0 saturated carbocycles. The van der Waals surface area contributed by atoms with Crippen molar-refractivity contribution in [1.29, 1.82) is 0 Å². The van der Waals surface area contributed by atoms with Crippen LogP contribution in [0.1, 0.15) is 22.8 Å². The van der Waals surface area contributed by atoms with E-state index in [0.29, 0.717) is 12.4 Å². The predicted molar refractivity (Wildman–Crippen MR) is 100 cm³/mol. The van der Waals surface area contributed by atoms with Crippen LogP contribution in [0.2, 0.25) is 0 Å². The Morgan fingerprint density at radius 3 is 2.12 bits per heavy atom. The first-order chi connectivity index (χ1) is 12.8. The van der Waals surface area contributed by atoms with Gasteiger partial charge >= 0.3 is 0 Å². The summed E-state index contributed by atoms with van der Waals surface area (Å²) in [6, 6.07) is 23.4. The van der Waals surface area contributed by atoms with Crippen molar-refractivity contribution in [1.82, 2.24) is 5.32 Å². The first kappa shape index (κ1) is 16.5. The topological polar surface area (TPSA) is 50.7 Å². The highest BCUT2D eigenvalue weighted by Gasteiger charge is 2.21. The summed E-state index contributed by atoms with van der Waals surface area (Å²) in [5, 5.41) is 12.7. The molecule has 4 nitrogen and oxygen atoms in total. The minimum atomic E-state index is -0.0797. The van der Waals surface area contributed by atoms with Gasteiger partial charge in [-0.05, 0) is 41.0 Å². The molecule has 1 atom stereocenters. The largest absolute Gasteiger partial charge is 0.508 e. The summed E-state index contributed by atoms with van der Waals surface area (Å²) in [7, 11) is 0. The molecule has 0 bridgehead atoms. The van der Waals surface area contributed by atoms with Crippen LogP contribution in [0.5, 0.6) is 17.2 Å². The van der Waals surface area contributed by atoms with Crippen molar-refractivity contribution in [2.24, 2.45) is 0 Å². The average molecular weight is 347 g/mol. The van der Waals surface area contributed by atoms with E-state index in [4.69, 9.17) is 9.47 Å². The average Bonchev–Trinajstić information content (AvgIpc) is 2.70. The first-order valence-electron chi connectivity index (χ1n) is 8.74. The third kappa shape index (κ3) is 3.81. The molecule has 0 aliphatic carbocycles. The molecule has 0 aromatic heterocycles. The van der Waals surface area contributed by atoms with Crippen molar-refractivity contribution in [2.75, 3.05) is 6.61 Å². The molecule has 3 aromatic carbocycles. The van der Waals surface area contributed by atoms with Gasteiger partial charge in [-0.3, -0.25) is 0 Å². The van der Waals surface area contributed by atoms with Gasteiger partial charge < -0.3 is 19.9 Å². The number of phenols is 1. The molecule has 4 rings (SSSR count). The van der Waals surface area contributed by atoms with Crippen LogP contribution in [0.3, 0.4) is 0 Å². The highest BCUT2D eigenvalue weighted by Crippen LogP contribution is 2.35. The zero-order valence-corrected chi connectivity index (χ0v) is 14.4. The van der Waals surface area contributed by atoms with Crippen LogP contribution in [0, 0.1) is 0 Å². The fourth-order valence-corrected chi connectivity index (χ4v) is 3.00. The van der Waals surface area contributed by atoms with Gasteiger partial charge in [0.15, 0.2) is 17.6 Å². The van der Waals surface area contributed by atoms with Gasteiger partial charge in [-0.2, -0.15) is 0 Å². The second kappa shape index (κ2) is 7.50. The summed E-state index contributed by atoms with van der Waals surface area (Å²) in [5.74, 6) is 1.89. The molecule has 0 saturated heterocycles. The number of phenolic OH excluding ortho intramolecular Hbond substituents is 1. The number of fused-ring (bicyclic) bond motifs is 1. The normalized spacial score (nSPS) is 15.6. The molecule has 26 heavy (non-hydrogen) atoms. The Hall–Kier alpha value is -2.98. The van der Waals surface area contributed by atoms with Gasteiger partial charge in [0.25, 0.3) is 0 Å². The van der Waals surface area contributed by atoms with E-state index in [9.17, 15) is 5.11 Å². The van der Waals surface area contributed by atoms with E-state index in [1.807, 2.05) is 36.4 Å². The van der Waals surface area contributed by atoms with Gasteiger partial charge in [-0.25, -0.2) is 0 Å². The molecule has 1 aliphatic heterocycles. The molecule has 0 spiro atoms. The van der Waals surface area contributed by atoms with E-state index in [0.717, 1.165) is 35.7 Å². The van der Waals surface area contributed by atoms with Crippen LogP contribution in [0.15, 0.2) is 72.8 Å². The van der Waals surface area contributed by atoms with E-state index < -0.39 is 0 Å². The van der Waals surface area contributed by atoms with Crippen LogP contribution in [-0.2, 0) is 13.1 Å². The number of para-hydroxylation sites is 2. The van der Waals surface area contributed by atoms with Crippen molar-refractivity contribution in [3.8, 4) is 17.2 Å². The summed E-state index contributed by atoms with van der Waals surface area (Å²) in [4.78, 5) is 0. The van der Waals surface area contributed by atoms with E-state index >= 15 is 0 Å². The van der Waals surface area contributed by atoms with Gasteiger partial charge in [-0.15, -0.1) is 0 Å². The molecule has 1 heterocycles. The van der Waals surface area contributed by atoms with Crippen molar-refractivity contribution in [3.05, 3.63) is 89.5 Å². The van der Waals surface area contributed by atoms with Gasteiger partial charge in [-0.1, -0.05) is 48.5 Å². The third-order valence-electron chi connectivity index (χ3n) is 4.45. The van der Waals surface area contributed by atoms with Gasteiger partial charge in [0.1, 0.15) is 12.4 Å². The number of hydrogen-bond donors (Lipinski definition) is 2. The van der Waals surface area contributed by atoms with E-state index in [-0.39, 0.29) is 6.10 Å². The molecule has 0 radical (unpaired) electrons. The van der Waals surface area contributed by atoms with Gasteiger partial charge in [0.05, 0.1) is 0 Å². The lowest BCUT2D eigenvalue weighted by atomic mass is 10.1. The standard InChI is InChI=1S/C22H21NO3/c24-19-11-7-17(8-12-19)14-23-13-16-5-9-18(10-6-16)22-15-25-20-3-1-2-4-21(20)26-22/h1-12,22-24H,13-15H2/t22-/m1/s1. The minimum absolute atomic E-state index is 0.0797. The zero-order chi connectivity index (χ0) is 17.8. The molecule has 0 amide bonds. The summed E-state index contributed by atoms with van der Waals surface area (Å²) < 4.78 is 11.8. The van der Waals surface area contributed by atoms with Crippen molar-refractivity contribution >= 4 is 0 Å². The van der Waals surface area contributed by atoms with Crippen LogP contribution in [-0.4, -0.2) is 11.7 Å². The Bertz CT molecular complexity index is 859. The maximum Gasteiger partial charge on any atom is 0.162 e. The van der Waals surface area contributed by atoms with E-state index in [1.54, 1.807) is 12.1 Å². The number of hydrogen-bond acceptors (Lipinski definition) is 4. The number of ether oxygens (including phenoxy) is 2. The Kier molecular flexibility index (Phi) is 4.75. The predicted octanol–water partition coefficient (Wildman–Crippen LogP) is 4.19.